The van der Waals surface area contributed by atoms with Crippen molar-refractivity contribution < 1.29 is 5.11 Å². The molecule has 3 heteroatoms. The maximum Gasteiger partial charge on any atom is 0.111 e. The van der Waals surface area contributed by atoms with E-state index in [4.69, 9.17) is 28.3 Å². The second-order valence-electron chi connectivity index (χ2n) is 1.89. The minimum atomic E-state index is 0.237. The normalized spacial score (nSPS) is 20.0. The van der Waals surface area contributed by atoms with E-state index >= 15 is 0 Å². The number of halogens is 2. The lowest BCUT2D eigenvalue weighted by Gasteiger charge is -2.06. The van der Waals surface area contributed by atoms with Crippen LogP contribution in [0.2, 0.25) is 0 Å². The van der Waals surface area contributed by atoms with E-state index in [-0.39, 0.29) is 5.76 Å². The number of allylic oxidation sites excluding steroid dienone is 4. The molecule has 0 aromatic heterocycles. The third kappa shape index (κ3) is 1.63. The topological polar surface area (TPSA) is 20.2 Å². The van der Waals surface area contributed by atoms with Crippen molar-refractivity contribution >= 4 is 23.2 Å². The largest absolute Gasteiger partial charge is 0.511 e. The van der Waals surface area contributed by atoms with Gasteiger partial charge in [0.1, 0.15) is 5.76 Å². The van der Waals surface area contributed by atoms with Gasteiger partial charge in [-0.15, -0.1) is 0 Å². The van der Waals surface area contributed by atoms with Crippen molar-refractivity contribution in [3.63, 3.8) is 0 Å². The van der Waals surface area contributed by atoms with Crippen molar-refractivity contribution in [2.45, 2.75) is 12.8 Å². The molecule has 0 fully saturated rings. The summed E-state index contributed by atoms with van der Waals surface area (Å²) in [5.41, 5.74) is 0. The molecule has 0 bridgehead atoms. The van der Waals surface area contributed by atoms with E-state index in [0.717, 1.165) is 0 Å². The first-order valence-corrected chi connectivity index (χ1v) is 3.39. The molecular weight excluding hydrogens is 159 g/mol. The average molecular weight is 165 g/mol. The van der Waals surface area contributed by atoms with Crippen LogP contribution < -0.4 is 0 Å². The number of hydrogen-bond donors (Lipinski definition) is 1. The van der Waals surface area contributed by atoms with Crippen LogP contribution in [0.25, 0.3) is 0 Å². The van der Waals surface area contributed by atoms with Gasteiger partial charge in [0.25, 0.3) is 0 Å². The van der Waals surface area contributed by atoms with Crippen LogP contribution in [0.3, 0.4) is 0 Å². The molecule has 1 N–H and O–H groups in total. The summed E-state index contributed by atoms with van der Waals surface area (Å²) in [6, 6.07) is 0. The second kappa shape index (κ2) is 2.63. The zero-order chi connectivity index (χ0) is 6.85. The Hall–Kier alpha value is -0.140. The van der Waals surface area contributed by atoms with E-state index in [9.17, 15) is 0 Å². The van der Waals surface area contributed by atoms with Crippen molar-refractivity contribution in [2.75, 3.05) is 0 Å². The van der Waals surface area contributed by atoms with Gasteiger partial charge >= 0.3 is 0 Å². The van der Waals surface area contributed by atoms with Crippen LogP contribution in [0.5, 0.6) is 0 Å². The molecule has 1 nitrogen and oxygen atoms in total. The van der Waals surface area contributed by atoms with Crippen molar-refractivity contribution in [1.29, 1.82) is 0 Å². The van der Waals surface area contributed by atoms with E-state index in [1.54, 1.807) is 6.08 Å². The summed E-state index contributed by atoms with van der Waals surface area (Å²) in [7, 11) is 0. The van der Waals surface area contributed by atoms with E-state index in [0.29, 0.717) is 22.9 Å². The molecule has 0 radical (unpaired) electrons. The van der Waals surface area contributed by atoms with Crippen molar-refractivity contribution in [1.82, 2.24) is 0 Å². The molecule has 0 aromatic carbocycles. The van der Waals surface area contributed by atoms with Gasteiger partial charge in [-0.25, -0.2) is 0 Å². The molecule has 0 unspecified atom stereocenters. The van der Waals surface area contributed by atoms with Crippen molar-refractivity contribution in [3.8, 4) is 0 Å². The third-order valence-electron chi connectivity index (χ3n) is 1.16. The number of aliphatic hydroxyl groups is 1. The van der Waals surface area contributed by atoms with Gasteiger partial charge in [-0.1, -0.05) is 23.2 Å². The summed E-state index contributed by atoms with van der Waals surface area (Å²) < 4.78 is 0. The fourth-order valence-electron chi connectivity index (χ4n) is 0.650. The summed E-state index contributed by atoms with van der Waals surface area (Å²) in [6.07, 6.45) is 2.83. The Labute approximate surface area is 63.6 Å². The first-order chi connectivity index (χ1) is 4.20. The minimum Gasteiger partial charge on any atom is -0.511 e. The molecule has 0 atom stereocenters. The van der Waals surface area contributed by atoms with Gasteiger partial charge in [-0.05, 0) is 12.5 Å². The Morgan fingerprint density at radius 1 is 1.33 bits per heavy atom. The van der Waals surface area contributed by atoms with Gasteiger partial charge in [-0.2, -0.15) is 0 Å². The highest BCUT2D eigenvalue weighted by Crippen LogP contribution is 2.26. The predicted octanol–water partition coefficient (Wildman–Crippen LogP) is 2.91. The van der Waals surface area contributed by atoms with Gasteiger partial charge in [-0.3, -0.25) is 0 Å². The molecule has 1 aliphatic carbocycles. The van der Waals surface area contributed by atoms with Crippen molar-refractivity contribution in [3.05, 3.63) is 21.9 Å². The van der Waals surface area contributed by atoms with Gasteiger partial charge in [0, 0.05) is 11.5 Å². The van der Waals surface area contributed by atoms with E-state index in [2.05, 4.69) is 0 Å². The lowest BCUT2D eigenvalue weighted by molar-refractivity contribution is 0.385. The zero-order valence-electron chi connectivity index (χ0n) is 4.69. The monoisotopic (exact) mass is 164 g/mol. The molecular formula is C6H6Cl2O. The first kappa shape index (κ1) is 6.97. The van der Waals surface area contributed by atoms with Gasteiger partial charge in [0.05, 0.1) is 5.03 Å². The number of aliphatic hydroxyl groups excluding tert-OH is 1. The van der Waals surface area contributed by atoms with Crippen molar-refractivity contribution in [2.24, 2.45) is 0 Å². The molecule has 0 heterocycles. The maximum absolute atomic E-state index is 8.94. The fourth-order valence-corrected chi connectivity index (χ4v) is 1.14. The highest BCUT2D eigenvalue weighted by Gasteiger charge is 2.08. The van der Waals surface area contributed by atoms with Crippen LogP contribution in [0.15, 0.2) is 21.9 Å². The highest BCUT2D eigenvalue weighted by atomic mass is 35.5. The number of hydrogen-bond acceptors (Lipinski definition) is 1. The van der Waals surface area contributed by atoms with Gasteiger partial charge < -0.3 is 5.11 Å². The smallest absolute Gasteiger partial charge is 0.111 e. The van der Waals surface area contributed by atoms with Crippen LogP contribution >= 0.6 is 23.2 Å². The second-order valence-corrected chi connectivity index (χ2v) is 2.78. The Balaban J connectivity index is 2.83. The molecule has 0 aromatic rings. The molecule has 1 rings (SSSR count). The van der Waals surface area contributed by atoms with Crippen LogP contribution in [0, 0.1) is 0 Å². The van der Waals surface area contributed by atoms with Crippen LogP contribution in [-0.2, 0) is 0 Å². The Morgan fingerprint density at radius 3 is 2.44 bits per heavy atom. The van der Waals surface area contributed by atoms with E-state index in [1.165, 1.54) is 0 Å². The molecule has 0 amide bonds. The molecule has 9 heavy (non-hydrogen) atoms. The highest BCUT2D eigenvalue weighted by molar-refractivity contribution is 6.35. The molecule has 0 aliphatic heterocycles. The quantitative estimate of drug-likeness (QED) is 0.584. The number of rotatable bonds is 0. The standard InChI is InChI=1S/C6H6Cl2O/c7-4-1-2-6(9)5(8)3-4/h3,9H,1-2H2. The summed E-state index contributed by atoms with van der Waals surface area (Å²) in [6.45, 7) is 0. The van der Waals surface area contributed by atoms with Gasteiger partial charge in [0.2, 0.25) is 0 Å². The summed E-state index contributed by atoms with van der Waals surface area (Å²) >= 11 is 11.1. The van der Waals surface area contributed by atoms with Gasteiger partial charge in [0.15, 0.2) is 0 Å². The summed E-state index contributed by atoms with van der Waals surface area (Å²) in [4.78, 5) is 0. The maximum atomic E-state index is 8.94. The average Bonchev–Trinajstić information content (AvgIpc) is 1.80. The summed E-state index contributed by atoms with van der Waals surface area (Å²) in [5, 5.41) is 10.0. The van der Waals surface area contributed by atoms with Crippen LogP contribution in [0.4, 0.5) is 0 Å². The minimum absolute atomic E-state index is 0.237. The van der Waals surface area contributed by atoms with E-state index < -0.39 is 0 Å². The molecule has 1 aliphatic rings. The predicted molar refractivity (Wildman–Crippen MR) is 38.7 cm³/mol. The van der Waals surface area contributed by atoms with E-state index in [1.807, 2.05) is 0 Å². The fraction of sp³-hybridized carbons (Fsp3) is 0.333. The molecule has 0 saturated heterocycles. The lowest BCUT2D eigenvalue weighted by Crippen LogP contribution is -1.90. The zero-order valence-corrected chi connectivity index (χ0v) is 6.21. The third-order valence-corrected chi connectivity index (χ3v) is 1.79. The van der Waals surface area contributed by atoms with Crippen LogP contribution in [-0.4, -0.2) is 5.11 Å². The Morgan fingerprint density at radius 2 is 2.00 bits per heavy atom. The Bertz CT molecular complexity index is 181. The SMILES string of the molecule is OC1=C(Cl)C=C(Cl)CC1. The Kier molecular flexibility index (Phi) is 2.04. The van der Waals surface area contributed by atoms with Crippen LogP contribution in [0.1, 0.15) is 12.8 Å². The first-order valence-electron chi connectivity index (χ1n) is 2.64. The molecule has 0 spiro atoms. The molecule has 0 saturated carbocycles. The molecule has 50 valence electrons. The summed E-state index contributed by atoms with van der Waals surface area (Å²) in [5.74, 6) is 0.237. The lowest BCUT2D eigenvalue weighted by atomic mass is 10.1.